The first-order chi connectivity index (χ1) is 18.0. The summed E-state index contributed by atoms with van der Waals surface area (Å²) in [7, 11) is 4.77. The highest BCUT2D eigenvalue weighted by molar-refractivity contribution is 7.99. The van der Waals surface area contributed by atoms with Gasteiger partial charge < -0.3 is 14.2 Å². The molecule has 3 aromatic carbocycles. The summed E-state index contributed by atoms with van der Waals surface area (Å²) in [6.07, 6.45) is 1.51. The molecule has 1 aromatic heterocycles. The minimum Gasteiger partial charge on any atom is -0.497 e. The van der Waals surface area contributed by atoms with E-state index < -0.39 is 0 Å². The predicted molar refractivity (Wildman–Crippen MR) is 144 cm³/mol. The number of nitrogens with zero attached hydrogens (tertiary/aromatic N) is 4. The van der Waals surface area contributed by atoms with Crippen molar-refractivity contribution in [2.45, 2.75) is 12.1 Å². The second-order valence-corrected chi connectivity index (χ2v) is 8.84. The van der Waals surface area contributed by atoms with Crippen LogP contribution in [0.1, 0.15) is 11.1 Å². The normalized spacial score (nSPS) is 10.9. The van der Waals surface area contributed by atoms with Crippen molar-refractivity contribution in [1.29, 1.82) is 0 Å². The lowest BCUT2D eigenvalue weighted by atomic mass is 10.1. The molecule has 0 saturated carbocycles. The Morgan fingerprint density at radius 2 is 1.65 bits per heavy atom. The molecule has 1 amide bonds. The number of benzene rings is 3. The molecule has 0 saturated heterocycles. The predicted octanol–water partition coefficient (Wildman–Crippen LogP) is 4.51. The molecule has 1 N–H and O–H groups in total. The highest BCUT2D eigenvalue weighted by Crippen LogP contribution is 2.29. The van der Waals surface area contributed by atoms with Crippen LogP contribution in [0.4, 0.5) is 0 Å². The minimum absolute atomic E-state index is 0.0920. The van der Waals surface area contributed by atoms with Gasteiger partial charge in [0.05, 0.1) is 33.3 Å². The van der Waals surface area contributed by atoms with Gasteiger partial charge >= 0.3 is 0 Å². The van der Waals surface area contributed by atoms with E-state index in [-0.39, 0.29) is 11.7 Å². The van der Waals surface area contributed by atoms with Crippen molar-refractivity contribution in [3.63, 3.8) is 0 Å². The van der Waals surface area contributed by atoms with Crippen molar-refractivity contribution in [2.75, 3.05) is 27.1 Å². The summed E-state index contributed by atoms with van der Waals surface area (Å²) < 4.78 is 17.8. The Balaban J connectivity index is 1.51. The average Bonchev–Trinajstić information content (AvgIpc) is 3.36. The van der Waals surface area contributed by atoms with Gasteiger partial charge in [-0.05, 0) is 49.4 Å². The molecule has 0 radical (unpaired) electrons. The molecule has 4 aromatic rings. The second-order valence-electron chi connectivity index (χ2n) is 7.90. The number of rotatable bonds is 10. The number of methoxy groups -OCH3 is 3. The van der Waals surface area contributed by atoms with Crippen LogP contribution in [0.5, 0.6) is 17.2 Å². The molecule has 10 heteroatoms. The van der Waals surface area contributed by atoms with Crippen molar-refractivity contribution in [3.8, 4) is 34.3 Å². The number of thioether (sulfide) groups is 1. The lowest BCUT2D eigenvalue weighted by molar-refractivity contribution is -0.118. The first-order valence-corrected chi connectivity index (χ1v) is 12.3. The lowest BCUT2D eigenvalue weighted by Crippen LogP contribution is -2.20. The van der Waals surface area contributed by atoms with Gasteiger partial charge in [-0.2, -0.15) is 5.10 Å². The van der Waals surface area contributed by atoms with E-state index in [0.717, 1.165) is 22.6 Å². The number of carbonyl (C=O) groups excluding carboxylic acids is 1. The molecule has 1 heterocycles. The van der Waals surface area contributed by atoms with Crippen LogP contribution in [0.25, 0.3) is 17.1 Å². The quantitative estimate of drug-likeness (QED) is 0.188. The van der Waals surface area contributed by atoms with Crippen LogP contribution in [0.15, 0.2) is 77.0 Å². The van der Waals surface area contributed by atoms with Crippen LogP contribution < -0.4 is 19.6 Å². The third-order valence-electron chi connectivity index (χ3n) is 5.44. The fourth-order valence-corrected chi connectivity index (χ4v) is 4.24. The number of hydrazone groups is 1. The van der Waals surface area contributed by atoms with E-state index in [4.69, 9.17) is 14.2 Å². The molecule has 190 valence electrons. The molecule has 0 unspecified atom stereocenters. The Labute approximate surface area is 219 Å². The monoisotopic (exact) mass is 517 g/mol. The SMILES string of the molecule is COc1ccc(-n2c(SCC(=O)N/N=C\c3cc(OC)ccc3OC)nnc2-c2ccc(C)cc2)cc1. The zero-order valence-electron chi connectivity index (χ0n) is 21.0. The van der Waals surface area contributed by atoms with E-state index in [1.807, 2.05) is 60.0 Å². The number of aryl methyl sites for hydroxylation is 1. The highest BCUT2D eigenvalue weighted by atomic mass is 32.2. The first kappa shape index (κ1) is 25.8. The Morgan fingerprint density at radius 3 is 2.32 bits per heavy atom. The summed E-state index contributed by atoms with van der Waals surface area (Å²) in [6, 6.07) is 21.0. The van der Waals surface area contributed by atoms with Crippen molar-refractivity contribution in [1.82, 2.24) is 20.2 Å². The highest BCUT2D eigenvalue weighted by Gasteiger charge is 2.17. The number of aromatic nitrogens is 3. The minimum atomic E-state index is -0.288. The molecule has 0 fully saturated rings. The summed E-state index contributed by atoms with van der Waals surface area (Å²) in [4.78, 5) is 12.6. The van der Waals surface area contributed by atoms with Gasteiger partial charge in [0.1, 0.15) is 17.2 Å². The third-order valence-corrected chi connectivity index (χ3v) is 6.36. The number of amides is 1. The van der Waals surface area contributed by atoms with Crippen LogP contribution in [-0.4, -0.2) is 54.0 Å². The van der Waals surface area contributed by atoms with Gasteiger partial charge in [-0.1, -0.05) is 41.6 Å². The van der Waals surface area contributed by atoms with E-state index in [1.165, 1.54) is 18.0 Å². The molecule has 37 heavy (non-hydrogen) atoms. The maximum absolute atomic E-state index is 12.6. The van der Waals surface area contributed by atoms with Crippen molar-refractivity contribution >= 4 is 23.9 Å². The summed E-state index contributed by atoms with van der Waals surface area (Å²) in [5.41, 5.74) is 6.15. The Kier molecular flexibility index (Phi) is 8.42. The van der Waals surface area contributed by atoms with Crippen LogP contribution >= 0.6 is 11.8 Å². The topological polar surface area (TPSA) is 99.9 Å². The van der Waals surface area contributed by atoms with Gasteiger partial charge in [0.2, 0.25) is 0 Å². The van der Waals surface area contributed by atoms with Crippen LogP contribution in [-0.2, 0) is 4.79 Å². The van der Waals surface area contributed by atoms with Gasteiger partial charge in [0, 0.05) is 16.8 Å². The first-order valence-electron chi connectivity index (χ1n) is 11.4. The van der Waals surface area contributed by atoms with E-state index in [1.54, 1.807) is 39.5 Å². The summed E-state index contributed by atoms with van der Waals surface area (Å²) >= 11 is 1.27. The van der Waals surface area contributed by atoms with Gasteiger partial charge in [-0.15, -0.1) is 10.2 Å². The summed E-state index contributed by atoms with van der Waals surface area (Å²) in [5.74, 6) is 2.50. The standard InChI is InChI=1S/C27H27N5O4S/c1-18-5-7-19(8-6-18)26-30-31-27(32(26)21-9-11-22(34-2)12-10-21)37-17-25(33)29-28-16-20-15-23(35-3)13-14-24(20)36-4/h5-16H,17H2,1-4H3,(H,29,33)/b28-16-. The van der Waals surface area contributed by atoms with Crippen molar-refractivity contribution in [3.05, 3.63) is 77.9 Å². The summed E-state index contributed by atoms with van der Waals surface area (Å²) in [6.45, 7) is 2.03. The Morgan fingerprint density at radius 1 is 0.946 bits per heavy atom. The number of ether oxygens (including phenoxy) is 3. The van der Waals surface area contributed by atoms with E-state index in [9.17, 15) is 4.79 Å². The van der Waals surface area contributed by atoms with Gasteiger partial charge in [0.15, 0.2) is 11.0 Å². The zero-order chi connectivity index (χ0) is 26.2. The van der Waals surface area contributed by atoms with Crippen LogP contribution in [0, 0.1) is 6.92 Å². The molecule has 4 rings (SSSR count). The molecule has 0 spiro atoms. The fraction of sp³-hybridized carbons (Fsp3) is 0.185. The van der Waals surface area contributed by atoms with Crippen molar-refractivity contribution < 1.29 is 19.0 Å². The van der Waals surface area contributed by atoms with Crippen LogP contribution in [0.2, 0.25) is 0 Å². The van der Waals surface area contributed by atoms with Crippen LogP contribution in [0.3, 0.4) is 0 Å². The van der Waals surface area contributed by atoms with E-state index in [2.05, 4.69) is 20.7 Å². The largest absolute Gasteiger partial charge is 0.497 e. The third kappa shape index (κ3) is 6.28. The molecular formula is C27H27N5O4S. The maximum atomic E-state index is 12.6. The maximum Gasteiger partial charge on any atom is 0.250 e. The van der Waals surface area contributed by atoms with E-state index >= 15 is 0 Å². The molecule has 0 aliphatic carbocycles. The van der Waals surface area contributed by atoms with Gasteiger partial charge in [0.25, 0.3) is 5.91 Å². The molecule has 0 atom stereocenters. The number of hydrogen-bond acceptors (Lipinski definition) is 8. The Hall–Kier alpha value is -4.31. The second kappa shape index (κ2) is 12.1. The number of hydrogen-bond donors (Lipinski definition) is 1. The molecule has 9 nitrogen and oxygen atoms in total. The fourth-order valence-electron chi connectivity index (χ4n) is 3.49. The summed E-state index contributed by atoms with van der Waals surface area (Å²) in [5, 5.41) is 13.4. The van der Waals surface area contributed by atoms with E-state index in [0.29, 0.717) is 28.0 Å². The van der Waals surface area contributed by atoms with Gasteiger partial charge in [-0.25, -0.2) is 5.43 Å². The molecule has 0 bridgehead atoms. The number of carbonyl (C=O) groups is 1. The Bertz CT molecular complexity index is 1390. The molecule has 0 aliphatic heterocycles. The lowest BCUT2D eigenvalue weighted by Gasteiger charge is -2.11. The molecular weight excluding hydrogens is 490 g/mol. The van der Waals surface area contributed by atoms with Crippen molar-refractivity contribution in [2.24, 2.45) is 5.10 Å². The van der Waals surface area contributed by atoms with Gasteiger partial charge in [-0.3, -0.25) is 9.36 Å². The average molecular weight is 518 g/mol. The molecule has 0 aliphatic rings. The zero-order valence-corrected chi connectivity index (χ0v) is 21.8. The number of nitrogens with one attached hydrogen (secondary N) is 1. The smallest absolute Gasteiger partial charge is 0.250 e.